The molecule has 1 unspecified atom stereocenters. The standard InChI is InChI=1S/C17H27N3O/c1-16(2,3)19-11-13-7-5-6-8-14(13)20-10-9-17(4,12-20)15(18)21/h5-8,19H,9-12H2,1-4H3,(H2,18,21). The number of carbonyl (C=O) groups excluding carboxylic acids is 1. The lowest BCUT2D eigenvalue weighted by atomic mass is 9.89. The molecule has 1 aliphatic heterocycles. The van der Waals surface area contributed by atoms with Crippen molar-refractivity contribution in [1.82, 2.24) is 5.32 Å². The van der Waals surface area contributed by atoms with Gasteiger partial charge in [-0.15, -0.1) is 0 Å². The van der Waals surface area contributed by atoms with Crippen LogP contribution in [0.15, 0.2) is 24.3 Å². The second kappa shape index (κ2) is 5.68. The fourth-order valence-electron chi connectivity index (χ4n) is 2.70. The number of benzene rings is 1. The lowest BCUT2D eigenvalue weighted by Crippen LogP contribution is -2.38. The topological polar surface area (TPSA) is 58.4 Å². The van der Waals surface area contributed by atoms with Gasteiger partial charge in [0.25, 0.3) is 0 Å². The molecule has 1 heterocycles. The Morgan fingerprint density at radius 3 is 2.62 bits per heavy atom. The Morgan fingerprint density at radius 2 is 2.05 bits per heavy atom. The van der Waals surface area contributed by atoms with Crippen LogP contribution < -0.4 is 16.0 Å². The minimum atomic E-state index is -0.412. The summed E-state index contributed by atoms with van der Waals surface area (Å²) in [7, 11) is 0. The second-order valence-corrected chi connectivity index (χ2v) is 7.33. The van der Waals surface area contributed by atoms with E-state index in [1.807, 2.05) is 6.92 Å². The third kappa shape index (κ3) is 3.76. The van der Waals surface area contributed by atoms with E-state index in [1.54, 1.807) is 0 Å². The Morgan fingerprint density at radius 1 is 1.38 bits per heavy atom. The molecule has 3 N–H and O–H groups in total. The van der Waals surface area contributed by atoms with Gasteiger partial charge in [-0.25, -0.2) is 0 Å². The van der Waals surface area contributed by atoms with E-state index in [2.05, 4.69) is 55.3 Å². The molecule has 0 aliphatic carbocycles. The first kappa shape index (κ1) is 15.8. The van der Waals surface area contributed by atoms with E-state index >= 15 is 0 Å². The highest BCUT2D eigenvalue weighted by atomic mass is 16.1. The second-order valence-electron chi connectivity index (χ2n) is 7.33. The van der Waals surface area contributed by atoms with Crippen molar-refractivity contribution in [3.8, 4) is 0 Å². The Hall–Kier alpha value is -1.55. The minimum absolute atomic E-state index is 0.0832. The molecule has 21 heavy (non-hydrogen) atoms. The third-order valence-electron chi connectivity index (χ3n) is 4.21. The minimum Gasteiger partial charge on any atom is -0.370 e. The van der Waals surface area contributed by atoms with Crippen LogP contribution in [0.5, 0.6) is 0 Å². The van der Waals surface area contributed by atoms with Crippen LogP contribution in [0, 0.1) is 5.41 Å². The summed E-state index contributed by atoms with van der Waals surface area (Å²) in [6.07, 6.45) is 0.823. The number of anilines is 1. The monoisotopic (exact) mass is 289 g/mol. The van der Waals surface area contributed by atoms with Crippen LogP contribution in [0.4, 0.5) is 5.69 Å². The highest BCUT2D eigenvalue weighted by Gasteiger charge is 2.39. The van der Waals surface area contributed by atoms with Crippen LogP contribution in [0.3, 0.4) is 0 Å². The summed E-state index contributed by atoms with van der Waals surface area (Å²) in [6, 6.07) is 8.39. The predicted octanol–water partition coefficient (Wildman–Crippen LogP) is 2.28. The summed E-state index contributed by atoms with van der Waals surface area (Å²) in [5, 5.41) is 3.53. The van der Waals surface area contributed by atoms with Gasteiger partial charge in [-0.1, -0.05) is 18.2 Å². The zero-order chi connectivity index (χ0) is 15.7. The highest BCUT2D eigenvalue weighted by molar-refractivity contribution is 5.82. The first-order valence-corrected chi connectivity index (χ1v) is 7.59. The smallest absolute Gasteiger partial charge is 0.225 e. The Kier molecular flexibility index (Phi) is 4.28. The number of hydrogen-bond donors (Lipinski definition) is 2. The zero-order valence-corrected chi connectivity index (χ0v) is 13.6. The molecule has 0 radical (unpaired) electrons. The van der Waals surface area contributed by atoms with Crippen molar-refractivity contribution in [3.63, 3.8) is 0 Å². The van der Waals surface area contributed by atoms with Gasteiger partial charge in [0, 0.05) is 30.9 Å². The molecule has 0 aromatic heterocycles. The highest BCUT2D eigenvalue weighted by Crippen LogP contribution is 2.34. The van der Waals surface area contributed by atoms with Crippen molar-refractivity contribution in [2.24, 2.45) is 11.1 Å². The van der Waals surface area contributed by atoms with Crippen LogP contribution >= 0.6 is 0 Å². The molecule has 0 spiro atoms. The molecule has 0 saturated carbocycles. The molecule has 1 saturated heterocycles. The first-order chi connectivity index (χ1) is 9.71. The van der Waals surface area contributed by atoms with Gasteiger partial charge in [-0.2, -0.15) is 0 Å². The number of carbonyl (C=O) groups is 1. The normalized spacial score (nSPS) is 22.6. The summed E-state index contributed by atoms with van der Waals surface area (Å²) in [5.74, 6) is -0.199. The number of amides is 1. The Balaban J connectivity index is 2.16. The zero-order valence-electron chi connectivity index (χ0n) is 13.6. The molecule has 1 aromatic rings. The van der Waals surface area contributed by atoms with Gasteiger partial charge in [0.1, 0.15) is 0 Å². The van der Waals surface area contributed by atoms with Crippen molar-refractivity contribution < 1.29 is 4.79 Å². The molecule has 2 rings (SSSR count). The van der Waals surface area contributed by atoms with E-state index in [0.29, 0.717) is 6.54 Å². The van der Waals surface area contributed by atoms with Gasteiger partial charge >= 0.3 is 0 Å². The van der Waals surface area contributed by atoms with Crippen molar-refractivity contribution in [1.29, 1.82) is 0 Å². The molecular weight excluding hydrogens is 262 g/mol. The molecule has 1 aromatic carbocycles. The van der Waals surface area contributed by atoms with E-state index < -0.39 is 5.41 Å². The van der Waals surface area contributed by atoms with Gasteiger partial charge in [0.2, 0.25) is 5.91 Å². The summed E-state index contributed by atoms with van der Waals surface area (Å²) in [4.78, 5) is 13.9. The van der Waals surface area contributed by atoms with Gasteiger partial charge in [0.05, 0.1) is 5.41 Å². The van der Waals surface area contributed by atoms with E-state index in [4.69, 9.17) is 5.73 Å². The molecule has 116 valence electrons. The molecule has 1 aliphatic rings. The quantitative estimate of drug-likeness (QED) is 0.894. The van der Waals surface area contributed by atoms with Crippen molar-refractivity contribution in [2.45, 2.75) is 46.2 Å². The van der Waals surface area contributed by atoms with Gasteiger partial charge in [-0.3, -0.25) is 4.79 Å². The van der Waals surface area contributed by atoms with Gasteiger partial charge in [-0.05, 0) is 45.7 Å². The van der Waals surface area contributed by atoms with E-state index in [1.165, 1.54) is 11.3 Å². The summed E-state index contributed by atoms with van der Waals surface area (Å²) < 4.78 is 0. The molecule has 1 amide bonds. The number of rotatable bonds is 4. The largest absolute Gasteiger partial charge is 0.370 e. The fourth-order valence-corrected chi connectivity index (χ4v) is 2.70. The van der Waals surface area contributed by atoms with Crippen LogP contribution in [0.25, 0.3) is 0 Å². The molecule has 4 heteroatoms. The van der Waals surface area contributed by atoms with Gasteiger partial charge in [0.15, 0.2) is 0 Å². The number of nitrogens with two attached hydrogens (primary N) is 1. The maximum absolute atomic E-state index is 11.6. The molecule has 1 fully saturated rings. The number of primary amides is 1. The summed E-state index contributed by atoms with van der Waals surface area (Å²) in [5.41, 5.74) is 7.69. The SMILES string of the molecule is CC(C)(C)NCc1ccccc1N1CCC(C)(C(N)=O)C1. The summed E-state index contributed by atoms with van der Waals surface area (Å²) >= 11 is 0. The molecule has 4 nitrogen and oxygen atoms in total. The van der Waals surface area contributed by atoms with Crippen molar-refractivity contribution in [3.05, 3.63) is 29.8 Å². The fraction of sp³-hybridized carbons (Fsp3) is 0.588. The molecular formula is C17H27N3O. The van der Waals surface area contributed by atoms with E-state index in [-0.39, 0.29) is 11.4 Å². The van der Waals surface area contributed by atoms with Crippen LogP contribution in [-0.2, 0) is 11.3 Å². The molecule has 0 bridgehead atoms. The Bertz CT molecular complexity index is 521. The number of nitrogens with zero attached hydrogens (tertiary/aromatic N) is 1. The van der Waals surface area contributed by atoms with Crippen LogP contribution in [-0.4, -0.2) is 24.5 Å². The first-order valence-electron chi connectivity index (χ1n) is 7.59. The van der Waals surface area contributed by atoms with Crippen molar-refractivity contribution in [2.75, 3.05) is 18.0 Å². The maximum Gasteiger partial charge on any atom is 0.225 e. The van der Waals surface area contributed by atoms with Crippen LogP contribution in [0.1, 0.15) is 39.7 Å². The van der Waals surface area contributed by atoms with Gasteiger partial charge < -0.3 is 16.0 Å². The molecule has 1 atom stereocenters. The van der Waals surface area contributed by atoms with Crippen molar-refractivity contribution >= 4 is 11.6 Å². The maximum atomic E-state index is 11.6. The predicted molar refractivity (Wildman–Crippen MR) is 87.2 cm³/mol. The third-order valence-corrected chi connectivity index (χ3v) is 4.21. The number of nitrogens with one attached hydrogen (secondary N) is 1. The Labute approximate surface area is 127 Å². The van der Waals surface area contributed by atoms with E-state index in [0.717, 1.165) is 19.5 Å². The number of hydrogen-bond acceptors (Lipinski definition) is 3. The van der Waals surface area contributed by atoms with Crippen LogP contribution in [0.2, 0.25) is 0 Å². The average molecular weight is 289 g/mol. The lowest BCUT2D eigenvalue weighted by molar-refractivity contribution is -0.125. The summed E-state index contributed by atoms with van der Waals surface area (Å²) in [6.45, 7) is 10.9. The van der Waals surface area contributed by atoms with E-state index in [9.17, 15) is 4.79 Å². The average Bonchev–Trinajstić information content (AvgIpc) is 2.80. The number of para-hydroxylation sites is 1. The lowest BCUT2D eigenvalue weighted by Gasteiger charge is -2.26.